The molecule has 3 nitrogen and oxygen atoms in total. The van der Waals surface area contributed by atoms with Gasteiger partial charge in [0.2, 0.25) is 0 Å². The lowest BCUT2D eigenvalue weighted by molar-refractivity contribution is -0.189. The SMILES string of the molecule is CCCCCCCCCCCCCCCCC[C@@H](C[C@@H]1OC(=O)[C@H]1CC)OCc1ccccc1. The second-order valence-corrected chi connectivity index (χ2v) is 10.4. The maximum absolute atomic E-state index is 11.7. The highest BCUT2D eigenvalue weighted by Gasteiger charge is 2.41. The number of rotatable bonds is 22. The zero-order chi connectivity index (χ0) is 24.3. The fourth-order valence-corrected chi connectivity index (χ4v) is 5.10. The van der Waals surface area contributed by atoms with Crippen LogP contribution in [0.3, 0.4) is 0 Å². The Labute approximate surface area is 210 Å². The Hall–Kier alpha value is -1.35. The Kier molecular flexibility index (Phi) is 16.1. The summed E-state index contributed by atoms with van der Waals surface area (Å²) in [6.45, 7) is 5.00. The Bertz CT molecular complexity index is 614. The molecule has 34 heavy (non-hydrogen) atoms. The van der Waals surface area contributed by atoms with Crippen LogP contribution in [-0.4, -0.2) is 18.2 Å². The molecule has 0 saturated carbocycles. The molecule has 1 fully saturated rings. The lowest BCUT2D eigenvalue weighted by atomic mass is 9.89. The molecule has 3 heteroatoms. The van der Waals surface area contributed by atoms with Gasteiger partial charge in [0.15, 0.2) is 0 Å². The highest BCUT2D eigenvalue weighted by molar-refractivity contribution is 5.78. The summed E-state index contributed by atoms with van der Waals surface area (Å²) < 4.78 is 11.7. The molecule has 1 aromatic carbocycles. The van der Waals surface area contributed by atoms with E-state index in [9.17, 15) is 4.79 Å². The molecule has 0 aliphatic carbocycles. The average Bonchev–Trinajstić information content (AvgIpc) is 2.85. The van der Waals surface area contributed by atoms with Gasteiger partial charge in [-0.05, 0) is 18.4 Å². The van der Waals surface area contributed by atoms with E-state index in [1.54, 1.807) is 0 Å². The Morgan fingerprint density at radius 1 is 0.765 bits per heavy atom. The van der Waals surface area contributed by atoms with E-state index in [2.05, 4.69) is 38.1 Å². The van der Waals surface area contributed by atoms with Crippen molar-refractivity contribution in [2.75, 3.05) is 0 Å². The Balaban J connectivity index is 1.50. The molecule has 1 saturated heterocycles. The van der Waals surface area contributed by atoms with Crippen molar-refractivity contribution >= 4 is 5.97 Å². The molecule has 0 N–H and O–H groups in total. The van der Waals surface area contributed by atoms with E-state index < -0.39 is 0 Å². The standard InChI is InChI=1S/C31H52O3/c1-3-5-6-7-8-9-10-11-12-13-14-15-16-17-21-24-28(25-30-29(4-2)31(32)34-30)33-26-27-22-19-18-20-23-27/h18-20,22-23,28-30H,3-17,21,24-26H2,1-2H3/t28-,29-,30-/m0/s1. The van der Waals surface area contributed by atoms with Gasteiger partial charge in [-0.2, -0.15) is 0 Å². The second kappa shape index (κ2) is 18.9. The zero-order valence-electron chi connectivity index (χ0n) is 22.3. The molecule has 1 heterocycles. The molecule has 1 aliphatic heterocycles. The van der Waals surface area contributed by atoms with Crippen LogP contribution in [0.2, 0.25) is 0 Å². The first kappa shape index (κ1) is 28.9. The molecule has 3 atom stereocenters. The first-order valence-corrected chi connectivity index (χ1v) is 14.6. The van der Waals surface area contributed by atoms with Gasteiger partial charge in [-0.3, -0.25) is 4.79 Å². The topological polar surface area (TPSA) is 35.5 Å². The van der Waals surface area contributed by atoms with Gasteiger partial charge in [-0.25, -0.2) is 0 Å². The monoisotopic (exact) mass is 472 g/mol. The molecule has 0 bridgehead atoms. The third-order valence-electron chi connectivity index (χ3n) is 7.41. The fourth-order valence-electron chi connectivity index (χ4n) is 5.10. The minimum atomic E-state index is -0.0266. The molecule has 1 aromatic rings. The van der Waals surface area contributed by atoms with Crippen molar-refractivity contribution in [2.24, 2.45) is 5.92 Å². The molecule has 194 valence electrons. The van der Waals surface area contributed by atoms with Crippen LogP contribution in [0.25, 0.3) is 0 Å². The van der Waals surface area contributed by atoms with Crippen molar-refractivity contribution in [3.8, 4) is 0 Å². The van der Waals surface area contributed by atoms with E-state index in [0.29, 0.717) is 6.61 Å². The summed E-state index contributed by atoms with van der Waals surface area (Å²) in [5.41, 5.74) is 1.21. The van der Waals surface area contributed by atoms with Gasteiger partial charge in [-0.15, -0.1) is 0 Å². The number of hydrogen-bond donors (Lipinski definition) is 0. The summed E-state index contributed by atoms with van der Waals surface area (Å²) in [4.78, 5) is 11.7. The molecule has 0 unspecified atom stereocenters. The van der Waals surface area contributed by atoms with Crippen LogP contribution in [0.4, 0.5) is 0 Å². The Morgan fingerprint density at radius 3 is 1.79 bits per heavy atom. The van der Waals surface area contributed by atoms with Crippen molar-refractivity contribution in [3.05, 3.63) is 35.9 Å². The number of carbonyl (C=O) groups excluding carboxylic acids is 1. The van der Waals surface area contributed by atoms with E-state index in [0.717, 1.165) is 19.3 Å². The van der Waals surface area contributed by atoms with Gasteiger partial charge in [-0.1, -0.05) is 140 Å². The largest absolute Gasteiger partial charge is 0.461 e. The number of benzene rings is 1. The summed E-state index contributed by atoms with van der Waals surface area (Å²) in [5, 5.41) is 0. The zero-order valence-corrected chi connectivity index (χ0v) is 22.3. The summed E-state index contributed by atoms with van der Waals surface area (Å²) in [7, 11) is 0. The first-order chi connectivity index (χ1) is 16.7. The van der Waals surface area contributed by atoms with Crippen molar-refractivity contribution in [1.29, 1.82) is 0 Å². The van der Waals surface area contributed by atoms with Gasteiger partial charge >= 0.3 is 5.97 Å². The first-order valence-electron chi connectivity index (χ1n) is 14.6. The van der Waals surface area contributed by atoms with E-state index in [1.165, 1.54) is 102 Å². The molecular formula is C31H52O3. The van der Waals surface area contributed by atoms with Crippen LogP contribution >= 0.6 is 0 Å². The van der Waals surface area contributed by atoms with Crippen molar-refractivity contribution < 1.29 is 14.3 Å². The van der Waals surface area contributed by atoms with Gasteiger partial charge in [0, 0.05) is 6.42 Å². The van der Waals surface area contributed by atoms with Crippen LogP contribution in [0.5, 0.6) is 0 Å². The quantitative estimate of drug-likeness (QED) is 0.125. The highest BCUT2D eigenvalue weighted by atomic mass is 16.6. The highest BCUT2D eigenvalue weighted by Crippen LogP contribution is 2.31. The molecule has 1 aliphatic rings. The smallest absolute Gasteiger partial charge is 0.313 e. The molecule has 0 radical (unpaired) electrons. The van der Waals surface area contributed by atoms with E-state index in [4.69, 9.17) is 9.47 Å². The van der Waals surface area contributed by atoms with Gasteiger partial charge in [0.25, 0.3) is 0 Å². The summed E-state index contributed by atoms with van der Waals surface area (Å²) in [6.07, 6.45) is 23.8. The van der Waals surface area contributed by atoms with Crippen LogP contribution in [0.15, 0.2) is 30.3 Å². The summed E-state index contributed by atoms with van der Waals surface area (Å²) in [5.74, 6) is 0.0465. The third-order valence-corrected chi connectivity index (χ3v) is 7.41. The molecule has 0 amide bonds. The van der Waals surface area contributed by atoms with Crippen LogP contribution in [0.1, 0.15) is 135 Å². The minimum Gasteiger partial charge on any atom is -0.461 e. The molecule has 2 rings (SSSR count). The number of unbranched alkanes of at least 4 members (excludes halogenated alkanes) is 14. The van der Waals surface area contributed by atoms with Gasteiger partial charge in [0.1, 0.15) is 6.10 Å². The number of ether oxygens (including phenoxy) is 2. The normalized spacial score (nSPS) is 18.5. The summed E-state index contributed by atoms with van der Waals surface area (Å²) in [6, 6.07) is 10.4. The minimum absolute atomic E-state index is 0.0266. The third kappa shape index (κ3) is 12.4. The lowest BCUT2D eigenvalue weighted by Gasteiger charge is -2.36. The lowest BCUT2D eigenvalue weighted by Crippen LogP contribution is -2.46. The van der Waals surface area contributed by atoms with E-state index in [1.807, 2.05) is 6.07 Å². The predicted molar refractivity (Wildman–Crippen MR) is 143 cm³/mol. The number of carbonyl (C=O) groups is 1. The van der Waals surface area contributed by atoms with Crippen molar-refractivity contribution in [1.82, 2.24) is 0 Å². The van der Waals surface area contributed by atoms with E-state index >= 15 is 0 Å². The Morgan fingerprint density at radius 2 is 1.29 bits per heavy atom. The summed E-state index contributed by atoms with van der Waals surface area (Å²) >= 11 is 0. The van der Waals surface area contributed by atoms with Crippen LogP contribution in [0, 0.1) is 5.92 Å². The van der Waals surface area contributed by atoms with Gasteiger partial charge < -0.3 is 9.47 Å². The maximum atomic E-state index is 11.7. The van der Waals surface area contributed by atoms with Crippen LogP contribution < -0.4 is 0 Å². The van der Waals surface area contributed by atoms with Gasteiger partial charge in [0.05, 0.1) is 18.6 Å². The maximum Gasteiger partial charge on any atom is 0.313 e. The predicted octanol–water partition coefficient (Wildman–Crippen LogP) is 9.18. The molecular weight excluding hydrogens is 420 g/mol. The number of esters is 1. The fraction of sp³-hybridized carbons (Fsp3) is 0.774. The van der Waals surface area contributed by atoms with E-state index in [-0.39, 0.29) is 24.1 Å². The second-order valence-electron chi connectivity index (χ2n) is 10.4. The average molecular weight is 473 g/mol. The number of cyclic esters (lactones) is 1. The molecule has 0 aromatic heterocycles. The number of hydrogen-bond acceptors (Lipinski definition) is 3. The van der Waals surface area contributed by atoms with Crippen molar-refractivity contribution in [2.45, 2.75) is 148 Å². The molecule has 0 spiro atoms. The van der Waals surface area contributed by atoms with Crippen molar-refractivity contribution in [3.63, 3.8) is 0 Å². The van der Waals surface area contributed by atoms with Crippen LogP contribution in [-0.2, 0) is 20.9 Å².